The van der Waals surface area contributed by atoms with Gasteiger partial charge in [-0.2, -0.15) is 13.2 Å². The first kappa shape index (κ1) is 20.9. The zero-order chi connectivity index (χ0) is 21.0. The van der Waals surface area contributed by atoms with E-state index in [4.69, 9.17) is 0 Å². The Balaban J connectivity index is 1.56. The van der Waals surface area contributed by atoms with Gasteiger partial charge < -0.3 is 10.2 Å². The van der Waals surface area contributed by atoms with E-state index in [1.807, 2.05) is 36.1 Å². The minimum Gasteiger partial charge on any atom is -0.336 e. The van der Waals surface area contributed by atoms with Gasteiger partial charge in [0.1, 0.15) is 0 Å². The van der Waals surface area contributed by atoms with Gasteiger partial charge in [0.15, 0.2) is 0 Å². The molecule has 3 rings (SSSR count). The van der Waals surface area contributed by atoms with Crippen molar-refractivity contribution in [3.8, 4) is 0 Å². The number of piperazine rings is 1. The normalized spacial score (nSPS) is 15.2. The van der Waals surface area contributed by atoms with E-state index in [1.165, 1.54) is 23.1 Å². The van der Waals surface area contributed by atoms with Crippen LogP contribution in [0.2, 0.25) is 0 Å². The van der Waals surface area contributed by atoms with Crippen molar-refractivity contribution in [2.24, 2.45) is 0 Å². The molecule has 1 aliphatic heterocycles. The highest BCUT2D eigenvalue weighted by Gasteiger charge is 2.36. The number of alkyl halides is 3. The average Bonchev–Trinajstić information content (AvgIpc) is 2.69. The van der Waals surface area contributed by atoms with Crippen molar-refractivity contribution in [1.29, 1.82) is 0 Å². The molecule has 0 aliphatic carbocycles. The molecule has 0 radical (unpaired) electrons. The van der Waals surface area contributed by atoms with E-state index in [2.05, 4.69) is 5.32 Å². The maximum Gasteiger partial charge on any atom is 0.417 e. The topological polar surface area (TPSA) is 52.7 Å². The van der Waals surface area contributed by atoms with E-state index in [-0.39, 0.29) is 31.1 Å². The molecule has 0 saturated carbocycles. The number of anilines is 1. The molecular formula is C21H22F3N3O2. The second kappa shape index (κ2) is 8.65. The zero-order valence-electron chi connectivity index (χ0n) is 16.0. The first-order chi connectivity index (χ1) is 13.8. The molecule has 8 heteroatoms. The molecule has 0 aromatic heterocycles. The van der Waals surface area contributed by atoms with Crippen LogP contribution in [0, 0.1) is 6.92 Å². The fourth-order valence-corrected chi connectivity index (χ4v) is 3.30. The van der Waals surface area contributed by atoms with Crippen molar-refractivity contribution >= 4 is 17.5 Å². The smallest absolute Gasteiger partial charge is 0.336 e. The Labute approximate surface area is 167 Å². The molecule has 0 bridgehead atoms. The number of nitrogens with one attached hydrogen (secondary N) is 1. The van der Waals surface area contributed by atoms with E-state index in [0.717, 1.165) is 17.3 Å². The fraction of sp³-hybridized carbons (Fsp3) is 0.333. The number of benzene rings is 2. The lowest BCUT2D eigenvalue weighted by atomic mass is 10.1. The van der Waals surface area contributed by atoms with Crippen LogP contribution in [-0.4, -0.2) is 54.3 Å². The van der Waals surface area contributed by atoms with Gasteiger partial charge in [-0.15, -0.1) is 0 Å². The monoisotopic (exact) mass is 405 g/mol. The number of aryl methyl sites for hydroxylation is 1. The molecule has 0 atom stereocenters. The zero-order valence-corrected chi connectivity index (χ0v) is 16.0. The Morgan fingerprint density at radius 1 is 0.966 bits per heavy atom. The van der Waals surface area contributed by atoms with Crippen molar-refractivity contribution in [2.75, 3.05) is 38.0 Å². The van der Waals surface area contributed by atoms with Crippen LogP contribution in [-0.2, 0) is 11.0 Å². The number of carbonyl (C=O) groups is 2. The van der Waals surface area contributed by atoms with Crippen LogP contribution >= 0.6 is 0 Å². The van der Waals surface area contributed by atoms with Crippen LogP contribution in [0.5, 0.6) is 0 Å². The number of rotatable bonds is 4. The molecule has 1 heterocycles. The maximum atomic E-state index is 13.2. The van der Waals surface area contributed by atoms with Crippen LogP contribution in [0.25, 0.3) is 0 Å². The van der Waals surface area contributed by atoms with Crippen LogP contribution in [0.15, 0.2) is 48.5 Å². The van der Waals surface area contributed by atoms with E-state index in [9.17, 15) is 22.8 Å². The fourth-order valence-electron chi connectivity index (χ4n) is 3.30. The predicted molar refractivity (Wildman–Crippen MR) is 104 cm³/mol. The van der Waals surface area contributed by atoms with Crippen LogP contribution in [0.4, 0.5) is 18.9 Å². The number of para-hydroxylation sites is 1. The van der Waals surface area contributed by atoms with Gasteiger partial charge in [0.05, 0.1) is 17.7 Å². The number of amides is 2. The Hall–Kier alpha value is -2.87. The summed E-state index contributed by atoms with van der Waals surface area (Å²) >= 11 is 0. The molecular weight excluding hydrogens is 383 g/mol. The SMILES string of the molecule is Cc1ccccc1NC(=O)CN1CCN(C(=O)c2ccccc2C(F)(F)F)CC1. The summed E-state index contributed by atoms with van der Waals surface area (Å²) in [5.74, 6) is -0.802. The van der Waals surface area contributed by atoms with Gasteiger partial charge >= 0.3 is 6.18 Å². The molecule has 1 N–H and O–H groups in total. The Kier molecular flexibility index (Phi) is 6.22. The quantitative estimate of drug-likeness (QED) is 0.848. The molecule has 0 unspecified atom stereocenters. The summed E-state index contributed by atoms with van der Waals surface area (Å²) in [4.78, 5) is 28.2. The third-order valence-corrected chi connectivity index (χ3v) is 4.91. The summed E-state index contributed by atoms with van der Waals surface area (Å²) in [5, 5.41) is 2.86. The van der Waals surface area contributed by atoms with Gasteiger partial charge in [0.2, 0.25) is 5.91 Å². The average molecular weight is 405 g/mol. The molecule has 2 aromatic carbocycles. The van der Waals surface area contributed by atoms with Crippen molar-refractivity contribution < 1.29 is 22.8 Å². The maximum absolute atomic E-state index is 13.2. The summed E-state index contributed by atoms with van der Waals surface area (Å²) in [7, 11) is 0. The summed E-state index contributed by atoms with van der Waals surface area (Å²) in [5.41, 5.74) is 0.436. The lowest BCUT2D eigenvalue weighted by Gasteiger charge is -2.34. The predicted octanol–water partition coefficient (Wildman–Crippen LogP) is 3.41. The van der Waals surface area contributed by atoms with Crippen LogP contribution in [0.1, 0.15) is 21.5 Å². The largest absolute Gasteiger partial charge is 0.417 e. The van der Waals surface area contributed by atoms with Crippen molar-refractivity contribution in [3.05, 3.63) is 65.2 Å². The summed E-state index contributed by atoms with van der Waals surface area (Å²) in [6.07, 6.45) is -4.58. The highest BCUT2D eigenvalue weighted by molar-refractivity contribution is 5.96. The molecule has 1 fully saturated rings. The first-order valence-electron chi connectivity index (χ1n) is 9.29. The second-order valence-electron chi connectivity index (χ2n) is 6.97. The minimum atomic E-state index is -4.58. The van der Waals surface area contributed by atoms with Crippen molar-refractivity contribution in [2.45, 2.75) is 13.1 Å². The standard InChI is InChI=1S/C21H22F3N3O2/c1-15-6-2-5-9-18(15)25-19(28)14-26-10-12-27(13-11-26)20(29)16-7-3-4-8-17(16)21(22,23)24/h2-9H,10-14H2,1H3,(H,25,28). The van der Waals surface area contributed by atoms with Crippen LogP contribution in [0.3, 0.4) is 0 Å². The van der Waals surface area contributed by atoms with Crippen molar-refractivity contribution in [3.63, 3.8) is 0 Å². The molecule has 1 aliphatic rings. The van der Waals surface area contributed by atoms with Gasteiger partial charge in [-0.05, 0) is 30.7 Å². The van der Waals surface area contributed by atoms with Gasteiger partial charge in [0, 0.05) is 31.9 Å². The molecule has 0 spiro atoms. The van der Waals surface area contributed by atoms with Crippen LogP contribution < -0.4 is 5.32 Å². The van der Waals surface area contributed by atoms with Gasteiger partial charge in [-0.25, -0.2) is 0 Å². The molecule has 5 nitrogen and oxygen atoms in total. The van der Waals surface area contributed by atoms with Gasteiger partial charge in [0.25, 0.3) is 5.91 Å². The number of nitrogens with zero attached hydrogens (tertiary/aromatic N) is 2. The number of hydrogen-bond donors (Lipinski definition) is 1. The lowest BCUT2D eigenvalue weighted by molar-refractivity contribution is -0.138. The summed E-state index contributed by atoms with van der Waals surface area (Å²) in [6, 6.07) is 12.3. The number of halogens is 3. The van der Waals surface area contributed by atoms with Crippen molar-refractivity contribution in [1.82, 2.24) is 9.80 Å². The second-order valence-corrected chi connectivity index (χ2v) is 6.97. The van der Waals surface area contributed by atoms with E-state index in [1.54, 1.807) is 0 Å². The Morgan fingerprint density at radius 3 is 2.24 bits per heavy atom. The molecule has 2 amide bonds. The van der Waals surface area contributed by atoms with Gasteiger partial charge in [-0.1, -0.05) is 30.3 Å². The number of carbonyl (C=O) groups excluding carboxylic acids is 2. The number of hydrogen-bond acceptors (Lipinski definition) is 3. The Bertz CT molecular complexity index is 891. The highest BCUT2D eigenvalue weighted by atomic mass is 19.4. The van der Waals surface area contributed by atoms with E-state index in [0.29, 0.717) is 13.1 Å². The summed E-state index contributed by atoms with van der Waals surface area (Å²) in [6.45, 7) is 3.43. The molecule has 1 saturated heterocycles. The highest BCUT2D eigenvalue weighted by Crippen LogP contribution is 2.32. The molecule has 154 valence electrons. The summed E-state index contributed by atoms with van der Waals surface area (Å²) < 4.78 is 39.5. The van der Waals surface area contributed by atoms with Gasteiger partial charge in [-0.3, -0.25) is 14.5 Å². The first-order valence-corrected chi connectivity index (χ1v) is 9.29. The minimum absolute atomic E-state index is 0.162. The third-order valence-electron chi connectivity index (χ3n) is 4.91. The molecule has 2 aromatic rings. The van der Waals surface area contributed by atoms with E-state index < -0.39 is 17.6 Å². The van der Waals surface area contributed by atoms with E-state index >= 15 is 0 Å². The molecule has 29 heavy (non-hydrogen) atoms. The lowest BCUT2D eigenvalue weighted by Crippen LogP contribution is -2.50. The Morgan fingerprint density at radius 2 is 1.59 bits per heavy atom. The third kappa shape index (κ3) is 5.14.